The first-order chi connectivity index (χ1) is 14.2. The van der Waals surface area contributed by atoms with Crippen molar-refractivity contribution in [3.05, 3.63) is 71.3 Å². The van der Waals surface area contributed by atoms with Crippen LogP contribution in [-0.2, 0) is 6.42 Å². The quantitative estimate of drug-likeness (QED) is 0.700. The van der Waals surface area contributed by atoms with Crippen LogP contribution in [0.1, 0.15) is 36.5 Å². The Bertz CT molecular complexity index is 904. The number of piperazine rings is 1. The normalized spacial score (nSPS) is 16.5. The molecule has 0 aliphatic carbocycles. The predicted octanol–water partition coefficient (Wildman–Crippen LogP) is 4.93. The summed E-state index contributed by atoms with van der Waals surface area (Å²) >= 11 is 0. The van der Waals surface area contributed by atoms with Crippen molar-refractivity contribution in [1.29, 1.82) is 0 Å². The number of aliphatic imine (C=N–C) groups is 1. The Labute approximate surface area is 198 Å². The van der Waals surface area contributed by atoms with E-state index < -0.39 is 0 Å². The Morgan fingerprint density at radius 1 is 0.968 bits per heavy atom. The lowest BCUT2D eigenvalue weighted by molar-refractivity contribution is 0.148. The molecule has 2 heterocycles. The van der Waals surface area contributed by atoms with Crippen LogP contribution in [0.2, 0.25) is 0 Å². The monoisotopic (exact) mass is 461 g/mol. The number of amidine groups is 1. The first-order valence-electron chi connectivity index (χ1n) is 10.7. The molecular weight excluding hydrogens is 429 g/mol. The summed E-state index contributed by atoms with van der Waals surface area (Å²) in [5.74, 6) is 1.60. The molecule has 1 saturated heterocycles. The van der Waals surface area contributed by atoms with E-state index in [2.05, 4.69) is 78.3 Å². The maximum atomic E-state index is 9.24. The van der Waals surface area contributed by atoms with E-state index in [9.17, 15) is 5.11 Å². The topological polar surface area (TPSA) is 39.1 Å². The Morgan fingerprint density at radius 3 is 2.32 bits per heavy atom. The van der Waals surface area contributed by atoms with E-state index in [1.54, 1.807) is 0 Å². The lowest BCUT2D eigenvalue weighted by atomic mass is 9.97. The van der Waals surface area contributed by atoms with E-state index in [0.717, 1.165) is 50.7 Å². The van der Waals surface area contributed by atoms with Gasteiger partial charge in [-0.15, -0.1) is 24.8 Å². The summed E-state index contributed by atoms with van der Waals surface area (Å²) in [7, 11) is 0. The molecule has 0 radical (unpaired) electrons. The van der Waals surface area contributed by atoms with Gasteiger partial charge < -0.3 is 10.0 Å². The molecule has 1 fully saturated rings. The Morgan fingerprint density at radius 2 is 1.68 bits per heavy atom. The summed E-state index contributed by atoms with van der Waals surface area (Å²) in [5.41, 5.74) is 6.21. The third kappa shape index (κ3) is 5.89. The third-order valence-corrected chi connectivity index (χ3v) is 5.94. The van der Waals surface area contributed by atoms with Crippen molar-refractivity contribution in [2.75, 3.05) is 39.3 Å². The number of nitrogens with zero attached hydrogens (tertiary/aromatic N) is 3. The van der Waals surface area contributed by atoms with Gasteiger partial charge in [-0.3, -0.25) is 4.90 Å². The fourth-order valence-electron chi connectivity index (χ4n) is 4.15. The van der Waals surface area contributed by atoms with Crippen molar-refractivity contribution in [2.45, 2.75) is 26.2 Å². The van der Waals surface area contributed by atoms with Gasteiger partial charge in [0.1, 0.15) is 5.84 Å². The van der Waals surface area contributed by atoms with Crippen LogP contribution in [0, 0.1) is 0 Å². The van der Waals surface area contributed by atoms with Crippen molar-refractivity contribution in [1.82, 2.24) is 9.80 Å². The molecule has 1 N–H and O–H groups in total. The average Bonchev–Trinajstić information content (AvgIpc) is 2.94. The number of allylic oxidation sites excluding steroid dienone is 1. The number of hydrogen-bond donors (Lipinski definition) is 1. The van der Waals surface area contributed by atoms with Crippen LogP contribution in [0.25, 0.3) is 5.57 Å². The van der Waals surface area contributed by atoms with Crippen LogP contribution in [0.15, 0.2) is 59.6 Å². The van der Waals surface area contributed by atoms with Gasteiger partial charge in [0.15, 0.2) is 0 Å². The number of halogens is 2. The molecule has 0 saturated carbocycles. The van der Waals surface area contributed by atoms with Crippen LogP contribution in [-0.4, -0.2) is 60.1 Å². The van der Waals surface area contributed by atoms with Gasteiger partial charge in [-0.05, 0) is 35.1 Å². The van der Waals surface area contributed by atoms with Crippen LogP contribution >= 0.6 is 24.8 Å². The maximum Gasteiger partial charge on any atom is 0.136 e. The highest BCUT2D eigenvalue weighted by molar-refractivity contribution is 6.23. The number of β-amino-alcohol motifs (C(OH)–C–C–N with tert-alkyl or cyclic N) is 1. The largest absolute Gasteiger partial charge is 0.395 e. The fraction of sp³-hybridized carbons (Fsp3) is 0.400. The summed E-state index contributed by atoms with van der Waals surface area (Å²) in [6, 6.07) is 17.4. The van der Waals surface area contributed by atoms with Gasteiger partial charge >= 0.3 is 0 Å². The van der Waals surface area contributed by atoms with Crippen molar-refractivity contribution in [3.8, 4) is 0 Å². The lowest BCUT2D eigenvalue weighted by Gasteiger charge is -2.36. The maximum absolute atomic E-state index is 9.24. The number of benzene rings is 2. The lowest BCUT2D eigenvalue weighted by Crippen LogP contribution is -2.49. The van der Waals surface area contributed by atoms with E-state index in [0.29, 0.717) is 5.92 Å². The highest BCUT2D eigenvalue weighted by atomic mass is 35.5. The van der Waals surface area contributed by atoms with Gasteiger partial charge in [0.25, 0.3) is 0 Å². The molecule has 4 nitrogen and oxygen atoms in total. The standard InChI is InChI=1S/C25H31N3O.2ClH/c1-19(2)21-9-11-24-22(18-21)8-10-23(20-6-4-3-5-7-20)25(26-24)28-14-12-27(13-15-28)16-17-29;;/h3-7,9-11,18-19,29H,8,12-17H2,1-2H3;2*1H. The first-order valence-corrected chi connectivity index (χ1v) is 10.7. The van der Waals surface area contributed by atoms with Crippen LogP contribution in [0.4, 0.5) is 5.69 Å². The second-order valence-electron chi connectivity index (χ2n) is 8.22. The second kappa shape index (κ2) is 11.7. The molecule has 2 aromatic rings. The molecule has 0 amide bonds. The fourth-order valence-corrected chi connectivity index (χ4v) is 4.15. The molecule has 6 heteroatoms. The molecule has 2 aliphatic heterocycles. The molecule has 31 heavy (non-hydrogen) atoms. The molecule has 168 valence electrons. The van der Waals surface area contributed by atoms with Gasteiger partial charge in [-0.2, -0.15) is 0 Å². The number of aliphatic hydroxyl groups is 1. The van der Waals surface area contributed by atoms with Crippen LogP contribution in [0.5, 0.6) is 0 Å². The SMILES string of the molecule is CC(C)c1ccc2c(c1)CC=C(c1ccccc1)C(N1CCN(CCO)CC1)=N2.Cl.Cl. The highest BCUT2D eigenvalue weighted by Crippen LogP contribution is 2.32. The molecule has 2 aromatic carbocycles. The number of aliphatic hydroxyl groups excluding tert-OH is 1. The molecule has 0 bridgehead atoms. The van der Waals surface area contributed by atoms with Gasteiger partial charge in [-0.25, -0.2) is 4.99 Å². The average molecular weight is 462 g/mol. The zero-order valence-electron chi connectivity index (χ0n) is 18.3. The predicted molar refractivity (Wildman–Crippen MR) is 135 cm³/mol. The van der Waals surface area contributed by atoms with Gasteiger partial charge in [-0.1, -0.05) is 62.4 Å². The van der Waals surface area contributed by atoms with E-state index in [1.807, 2.05) is 0 Å². The smallest absolute Gasteiger partial charge is 0.136 e. The van der Waals surface area contributed by atoms with Gasteiger partial charge in [0.2, 0.25) is 0 Å². The summed E-state index contributed by atoms with van der Waals surface area (Å²) < 4.78 is 0. The zero-order valence-corrected chi connectivity index (χ0v) is 20.0. The Kier molecular flexibility index (Phi) is 9.57. The molecule has 2 aliphatic rings. The van der Waals surface area contributed by atoms with Crippen molar-refractivity contribution >= 4 is 41.9 Å². The van der Waals surface area contributed by atoms with E-state index in [-0.39, 0.29) is 31.4 Å². The molecule has 0 spiro atoms. The number of hydrogen-bond acceptors (Lipinski definition) is 4. The second-order valence-corrected chi connectivity index (χ2v) is 8.22. The molecule has 0 aromatic heterocycles. The minimum Gasteiger partial charge on any atom is -0.395 e. The molecule has 0 atom stereocenters. The van der Waals surface area contributed by atoms with Crippen molar-refractivity contribution in [3.63, 3.8) is 0 Å². The van der Waals surface area contributed by atoms with Crippen LogP contribution in [0.3, 0.4) is 0 Å². The summed E-state index contributed by atoms with van der Waals surface area (Å²) in [6.45, 7) is 9.24. The molecule has 0 unspecified atom stereocenters. The van der Waals surface area contributed by atoms with Crippen molar-refractivity contribution in [2.24, 2.45) is 4.99 Å². The minimum absolute atomic E-state index is 0. The summed E-state index contributed by atoms with van der Waals surface area (Å²) in [4.78, 5) is 9.94. The Hall–Kier alpha value is -1.85. The summed E-state index contributed by atoms with van der Waals surface area (Å²) in [6.07, 6.45) is 3.25. The molecule has 4 rings (SSSR count). The van der Waals surface area contributed by atoms with Crippen molar-refractivity contribution < 1.29 is 5.11 Å². The third-order valence-electron chi connectivity index (χ3n) is 5.94. The zero-order chi connectivity index (χ0) is 20.2. The minimum atomic E-state index is 0. The van der Waals surface area contributed by atoms with E-state index in [4.69, 9.17) is 4.99 Å². The highest BCUT2D eigenvalue weighted by Gasteiger charge is 2.24. The van der Waals surface area contributed by atoms with E-state index >= 15 is 0 Å². The van der Waals surface area contributed by atoms with Crippen LogP contribution < -0.4 is 0 Å². The van der Waals surface area contributed by atoms with Gasteiger partial charge in [0, 0.05) is 38.3 Å². The van der Waals surface area contributed by atoms with E-state index in [1.165, 1.54) is 22.3 Å². The first kappa shape index (κ1) is 25.4. The summed E-state index contributed by atoms with van der Waals surface area (Å²) in [5, 5.41) is 9.24. The Balaban J connectivity index is 0.00000171. The molecular formula is C25H33Cl2N3O. The van der Waals surface area contributed by atoms with Gasteiger partial charge in [0.05, 0.1) is 12.3 Å². The number of fused-ring (bicyclic) bond motifs is 1. The number of rotatable bonds is 4.